The zero-order valence-corrected chi connectivity index (χ0v) is 23.3. The summed E-state index contributed by atoms with van der Waals surface area (Å²) in [4.78, 5) is 51.3. The number of esters is 4. The highest BCUT2D eigenvalue weighted by molar-refractivity contribution is 7.08. The minimum absolute atomic E-state index is 0.0457. The van der Waals surface area contributed by atoms with Crippen LogP contribution >= 0.6 is 22.7 Å². The van der Waals surface area contributed by atoms with Gasteiger partial charge in [0.2, 0.25) is 0 Å². The second kappa shape index (κ2) is 16.2. The zero-order chi connectivity index (χ0) is 27.9. The topological polar surface area (TPSA) is 105 Å². The minimum Gasteiger partial charge on any atom is -0.462 e. The van der Waals surface area contributed by atoms with Gasteiger partial charge in [-0.2, -0.15) is 22.7 Å². The number of carbonyl (C=O) groups excluding carboxylic acids is 4. The van der Waals surface area contributed by atoms with Crippen molar-refractivity contribution in [2.45, 2.75) is 27.7 Å². The van der Waals surface area contributed by atoms with Gasteiger partial charge in [0.15, 0.2) is 0 Å². The van der Waals surface area contributed by atoms with Crippen molar-refractivity contribution in [3.05, 3.63) is 80.2 Å². The van der Waals surface area contributed by atoms with Crippen LogP contribution in [0.2, 0.25) is 0 Å². The Kier molecular flexibility index (Phi) is 13.0. The first kappa shape index (κ1) is 30.5. The van der Waals surface area contributed by atoms with Gasteiger partial charge in [-0.25, -0.2) is 19.2 Å². The number of hydrogen-bond donors (Lipinski definition) is 0. The van der Waals surface area contributed by atoms with Crippen molar-refractivity contribution in [2.75, 3.05) is 26.4 Å². The van der Waals surface area contributed by atoms with E-state index in [2.05, 4.69) is 0 Å². The molecular formula is C28H30O8S2. The lowest BCUT2D eigenvalue weighted by Gasteiger charge is -2.11. The molecule has 10 heteroatoms. The average molecular weight is 559 g/mol. The van der Waals surface area contributed by atoms with Gasteiger partial charge in [-0.3, -0.25) is 0 Å². The van der Waals surface area contributed by atoms with Crippen LogP contribution in [0.1, 0.15) is 38.8 Å². The van der Waals surface area contributed by atoms with Gasteiger partial charge in [0.05, 0.1) is 48.7 Å². The van der Waals surface area contributed by atoms with Crippen LogP contribution in [0.5, 0.6) is 0 Å². The summed E-state index contributed by atoms with van der Waals surface area (Å²) < 4.78 is 20.7. The summed E-state index contributed by atoms with van der Waals surface area (Å²) in [5, 5.41) is 7.12. The van der Waals surface area contributed by atoms with E-state index in [4.69, 9.17) is 18.9 Å². The van der Waals surface area contributed by atoms with E-state index in [0.29, 0.717) is 11.1 Å². The molecule has 0 N–H and O–H groups in total. The summed E-state index contributed by atoms with van der Waals surface area (Å²) in [6.07, 6.45) is 5.42. The van der Waals surface area contributed by atoms with Gasteiger partial charge in [-0.15, -0.1) is 0 Å². The number of hydrogen-bond acceptors (Lipinski definition) is 10. The van der Waals surface area contributed by atoms with Crippen molar-refractivity contribution >= 4 is 57.7 Å². The van der Waals surface area contributed by atoms with Crippen LogP contribution in [0, 0.1) is 0 Å². The van der Waals surface area contributed by atoms with Gasteiger partial charge in [0.25, 0.3) is 0 Å². The van der Waals surface area contributed by atoms with E-state index in [1.807, 2.05) is 0 Å². The lowest BCUT2D eigenvalue weighted by molar-refractivity contribution is -0.142. The Labute approximate surface area is 229 Å². The molecule has 0 spiro atoms. The highest BCUT2D eigenvalue weighted by atomic mass is 32.1. The Morgan fingerprint density at radius 1 is 0.579 bits per heavy atom. The summed E-state index contributed by atoms with van der Waals surface area (Å²) in [7, 11) is 0. The van der Waals surface area contributed by atoms with Gasteiger partial charge in [-0.05, 0) is 96.8 Å². The Bertz CT molecular complexity index is 1120. The Balaban J connectivity index is 2.74. The summed E-state index contributed by atoms with van der Waals surface area (Å²) >= 11 is 2.78. The van der Waals surface area contributed by atoms with Crippen LogP contribution in [0.15, 0.2) is 69.1 Å². The fraction of sp³-hybridized carbons (Fsp3) is 0.286. The molecule has 202 valence electrons. The van der Waals surface area contributed by atoms with Crippen LogP contribution in [-0.4, -0.2) is 50.3 Å². The Hall–Kier alpha value is -3.76. The number of allylic oxidation sites excluding steroid dienone is 4. The number of rotatable bonds is 13. The first-order valence-electron chi connectivity index (χ1n) is 12.0. The Morgan fingerprint density at radius 2 is 0.921 bits per heavy atom. The molecule has 0 saturated carbocycles. The Morgan fingerprint density at radius 3 is 1.21 bits per heavy atom. The molecule has 0 radical (unpaired) electrons. The second-order valence-electron chi connectivity index (χ2n) is 7.23. The third kappa shape index (κ3) is 8.67. The third-order valence-corrected chi connectivity index (χ3v) is 6.14. The smallest absolute Gasteiger partial charge is 0.338 e. The lowest BCUT2D eigenvalue weighted by atomic mass is 10.0. The lowest BCUT2D eigenvalue weighted by Crippen LogP contribution is -2.17. The van der Waals surface area contributed by atoms with Crippen molar-refractivity contribution in [1.29, 1.82) is 0 Å². The summed E-state index contributed by atoms with van der Waals surface area (Å²) in [5.74, 6) is -2.79. The fourth-order valence-electron chi connectivity index (χ4n) is 3.10. The van der Waals surface area contributed by atoms with Crippen LogP contribution in [0.3, 0.4) is 0 Å². The zero-order valence-electron chi connectivity index (χ0n) is 21.7. The minimum atomic E-state index is -0.807. The highest BCUT2D eigenvalue weighted by Crippen LogP contribution is 2.24. The predicted octanol–water partition coefficient (Wildman–Crippen LogP) is 5.38. The molecule has 8 nitrogen and oxygen atoms in total. The molecule has 0 aliphatic carbocycles. The molecule has 0 bridgehead atoms. The molecule has 0 unspecified atom stereocenters. The van der Waals surface area contributed by atoms with Crippen molar-refractivity contribution in [2.24, 2.45) is 0 Å². The van der Waals surface area contributed by atoms with E-state index in [9.17, 15) is 19.2 Å². The maximum atomic E-state index is 13.0. The van der Waals surface area contributed by atoms with Crippen LogP contribution in [0.4, 0.5) is 0 Å². The molecular weight excluding hydrogens is 528 g/mol. The first-order valence-corrected chi connectivity index (χ1v) is 13.8. The van der Waals surface area contributed by atoms with Crippen LogP contribution < -0.4 is 0 Å². The van der Waals surface area contributed by atoms with Gasteiger partial charge in [-0.1, -0.05) is 0 Å². The van der Waals surface area contributed by atoms with Gasteiger partial charge in [0.1, 0.15) is 0 Å². The maximum absolute atomic E-state index is 13.0. The van der Waals surface area contributed by atoms with Crippen molar-refractivity contribution < 1.29 is 38.1 Å². The predicted molar refractivity (Wildman–Crippen MR) is 147 cm³/mol. The molecule has 0 atom stereocenters. The molecule has 2 rings (SSSR count). The van der Waals surface area contributed by atoms with Crippen LogP contribution in [-0.2, 0) is 38.1 Å². The molecule has 2 aromatic heterocycles. The second-order valence-corrected chi connectivity index (χ2v) is 8.79. The average Bonchev–Trinajstić information content (AvgIpc) is 3.61. The van der Waals surface area contributed by atoms with Gasteiger partial charge < -0.3 is 18.9 Å². The summed E-state index contributed by atoms with van der Waals surface area (Å²) in [6, 6.07) is 3.48. The molecule has 2 heterocycles. The number of thiophene rings is 2. The quantitative estimate of drug-likeness (QED) is 0.140. The van der Waals surface area contributed by atoms with E-state index >= 15 is 0 Å². The number of carbonyl (C=O) groups is 4. The monoisotopic (exact) mass is 558 g/mol. The molecule has 38 heavy (non-hydrogen) atoms. The number of ether oxygens (including phenoxy) is 4. The van der Waals surface area contributed by atoms with E-state index in [-0.39, 0.29) is 48.7 Å². The van der Waals surface area contributed by atoms with E-state index in [1.165, 1.54) is 47.0 Å². The first-order chi connectivity index (χ1) is 18.4. The molecule has 0 saturated heterocycles. The largest absolute Gasteiger partial charge is 0.462 e. The van der Waals surface area contributed by atoms with Crippen molar-refractivity contribution in [1.82, 2.24) is 0 Å². The third-order valence-electron chi connectivity index (χ3n) is 4.77. The standard InChI is InChI=1S/C28H30O8S2/c1-5-33-25(29)21(19-13-15-37-17-19)9-11-23(27(31)35-7-3)24(28(32)36-8-4)12-10-22(26(30)34-6-2)20-14-16-38-18-20/h9-18H,5-8H2,1-4H3/b21-9+,22-10+,23-11+,24-12+. The van der Waals surface area contributed by atoms with Crippen molar-refractivity contribution in [3.63, 3.8) is 0 Å². The molecule has 0 aliphatic heterocycles. The van der Waals surface area contributed by atoms with Crippen LogP contribution in [0.25, 0.3) is 11.1 Å². The highest BCUT2D eigenvalue weighted by Gasteiger charge is 2.24. The molecule has 0 aliphatic rings. The van der Waals surface area contributed by atoms with Crippen molar-refractivity contribution in [3.8, 4) is 0 Å². The fourth-order valence-corrected chi connectivity index (χ4v) is 4.42. The van der Waals surface area contributed by atoms with Gasteiger partial charge >= 0.3 is 23.9 Å². The SMILES string of the molecule is CCOC(=O)C(=C/C=C(/C(=O)OCC)c1ccsc1)/C(=C\C=C(\C(=O)OCC)c1ccsc1)C(=O)OCC. The van der Waals surface area contributed by atoms with E-state index < -0.39 is 23.9 Å². The molecule has 0 fully saturated rings. The summed E-state index contributed by atoms with van der Waals surface area (Å²) in [5.41, 5.74) is 1.26. The summed E-state index contributed by atoms with van der Waals surface area (Å²) in [6.45, 7) is 7.04. The molecule has 0 amide bonds. The maximum Gasteiger partial charge on any atom is 0.338 e. The van der Waals surface area contributed by atoms with E-state index in [1.54, 1.807) is 61.3 Å². The van der Waals surface area contributed by atoms with E-state index in [0.717, 1.165) is 0 Å². The normalized spacial score (nSPS) is 12.6. The molecule has 2 aromatic rings. The molecule has 0 aromatic carbocycles. The van der Waals surface area contributed by atoms with Gasteiger partial charge in [0, 0.05) is 0 Å².